The standard InChI is InChI=1S/C11H16N2O2S/c14-6-2-10-9-12-11(16-10)1-3-13-4-7-15-8-5-13/h6,9H,1-5,7-8H2. The molecule has 0 unspecified atom stereocenters. The SMILES string of the molecule is O=CCc1cnc(CCN2CCOCC2)s1. The first-order chi connectivity index (χ1) is 7.88. The number of morpholine rings is 1. The summed E-state index contributed by atoms with van der Waals surface area (Å²) in [5.41, 5.74) is 0. The van der Waals surface area contributed by atoms with Crippen molar-refractivity contribution in [2.75, 3.05) is 32.8 Å². The van der Waals surface area contributed by atoms with Crippen molar-refractivity contribution in [2.24, 2.45) is 0 Å². The average molecular weight is 240 g/mol. The van der Waals surface area contributed by atoms with E-state index in [1.165, 1.54) is 0 Å². The van der Waals surface area contributed by atoms with E-state index in [9.17, 15) is 4.79 Å². The summed E-state index contributed by atoms with van der Waals surface area (Å²) in [4.78, 5) is 18.1. The van der Waals surface area contributed by atoms with Gasteiger partial charge in [0.15, 0.2) is 0 Å². The van der Waals surface area contributed by atoms with Crippen LogP contribution in [0.2, 0.25) is 0 Å². The lowest BCUT2D eigenvalue weighted by molar-refractivity contribution is -0.107. The molecule has 0 atom stereocenters. The Morgan fingerprint density at radius 1 is 1.50 bits per heavy atom. The molecule has 0 spiro atoms. The van der Waals surface area contributed by atoms with Gasteiger partial charge in [0.25, 0.3) is 0 Å². The van der Waals surface area contributed by atoms with E-state index in [2.05, 4.69) is 9.88 Å². The number of ether oxygens (including phenoxy) is 1. The number of thiazole rings is 1. The minimum atomic E-state index is 0.495. The number of carbonyl (C=O) groups excluding carboxylic acids is 1. The molecular formula is C11H16N2O2S. The number of hydrogen-bond donors (Lipinski definition) is 0. The average Bonchev–Trinajstić information content (AvgIpc) is 2.76. The maximum absolute atomic E-state index is 10.3. The lowest BCUT2D eigenvalue weighted by Gasteiger charge is -2.25. The summed E-state index contributed by atoms with van der Waals surface area (Å²) < 4.78 is 5.29. The summed E-state index contributed by atoms with van der Waals surface area (Å²) in [6.07, 6.45) is 4.21. The molecule has 0 bridgehead atoms. The van der Waals surface area contributed by atoms with E-state index in [-0.39, 0.29) is 0 Å². The first-order valence-corrected chi connectivity index (χ1v) is 6.37. The van der Waals surface area contributed by atoms with Gasteiger partial charge in [-0.15, -0.1) is 11.3 Å². The van der Waals surface area contributed by atoms with Crippen molar-refractivity contribution in [3.63, 3.8) is 0 Å². The van der Waals surface area contributed by atoms with Crippen LogP contribution in [0.15, 0.2) is 6.20 Å². The van der Waals surface area contributed by atoms with E-state index in [1.807, 2.05) is 6.20 Å². The van der Waals surface area contributed by atoms with E-state index < -0.39 is 0 Å². The van der Waals surface area contributed by atoms with Crippen molar-refractivity contribution in [1.29, 1.82) is 0 Å². The minimum absolute atomic E-state index is 0.495. The van der Waals surface area contributed by atoms with Crippen LogP contribution >= 0.6 is 11.3 Å². The molecule has 88 valence electrons. The van der Waals surface area contributed by atoms with Gasteiger partial charge in [-0.2, -0.15) is 0 Å². The van der Waals surface area contributed by atoms with Gasteiger partial charge in [0.2, 0.25) is 0 Å². The molecular weight excluding hydrogens is 224 g/mol. The van der Waals surface area contributed by atoms with E-state index in [0.29, 0.717) is 6.42 Å². The molecule has 0 aromatic carbocycles. The second kappa shape index (κ2) is 6.08. The van der Waals surface area contributed by atoms with Crippen LogP contribution < -0.4 is 0 Å². The molecule has 0 radical (unpaired) electrons. The molecule has 1 aromatic rings. The van der Waals surface area contributed by atoms with Crippen LogP contribution in [0.25, 0.3) is 0 Å². The molecule has 2 heterocycles. The summed E-state index contributed by atoms with van der Waals surface area (Å²) in [7, 11) is 0. The van der Waals surface area contributed by atoms with Gasteiger partial charge in [-0.25, -0.2) is 4.98 Å². The van der Waals surface area contributed by atoms with Crippen LogP contribution in [0.3, 0.4) is 0 Å². The van der Waals surface area contributed by atoms with Crippen LogP contribution in [0.4, 0.5) is 0 Å². The largest absolute Gasteiger partial charge is 0.379 e. The third-order valence-electron chi connectivity index (χ3n) is 2.63. The lowest BCUT2D eigenvalue weighted by Crippen LogP contribution is -2.37. The van der Waals surface area contributed by atoms with Crippen molar-refractivity contribution in [2.45, 2.75) is 12.8 Å². The zero-order chi connectivity index (χ0) is 11.2. The monoisotopic (exact) mass is 240 g/mol. The van der Waals surface area contributed by atoms with E-state index in [4.69, 9.17) is 4.74 Å². The Morgan fingerprint density at radius 3 is 3.06 bits per heavy atom. The van der Waals surface area contributed by atoms with Gasteiger partial charge in [-0.3, -0.25) is 4.90 Å². The summed E-state index contributed by atoms with van der Waals surface area (Å²) in [5.74, 6) is 0. The number of rotatable bonds is 5. The molecule has 0 aliphatic carbocycles. The maximum Gasteiger partial charge on any atom is 0.125 e. The van der Waals surface area contributed by atoms with Crippen LogP contribution in [-0.4, -0.2) is 49.0 Å². The highest BCUT2D eigenvalue weighted by Gasteiger charge is 2.10. The fourth-order valence-electron chi connectivity index (χ4n) is 1.72. The second-order valence-electron chi connectivity index (χ2n) is 3.80. The van der Waals surface area contributed by atoms with Crippen molar-refractivity contribution < 1.29 is 9.53 Å². The lowest BCUT2D eigenvalue weighted by atomic mass is 10.3. The first-order valence-electron chi connectivity index (χ1n) is 5.56. The highest BCUT2D eigenvalue weighted by atomic mass is 32.1. The normalized spacial score (nSPS) is 17.5. The van der Waals surface area contributed by atoms with Gasteiger partial charge in [0, 0.05) is 43.5 Å². The Balaban J connectivity index is 1.77. The number of aromatic nitrogens is 1. The van der Waals surface area contributed by atoms with Crippen LogP contribution in [-0.2, 0) is 22.4 Å². The maximum atomic E-state index is 10.3. The summed E-state index contributed by atoms with van der Waals surface area (Å²) in [5, 5.41) is 1.13. The van der Waals surface area contributed by atoms with Gasteiger partial charge in [0.1, 0.15) is 6.29 Å². The van der Waals surface area contributed by atoms with Crippen molar-refractivity contribution in [3.8, 4) is 0 Å². The second-order valence-corrected chi connectivity index (χ2v) is 4.99. The Hall–Kier alpha value is -0.780. The van der Waals surface area contributed by atoms with Crippen molar-refractivity contribution in [1.82, 2.24) is 9.88 Å². The van der Waals surface area contributed by atoms with Crippen LogP contribution in [0.1, 0.15) is 9.88 Å². The minimum Gasteiger partial charge on any atom is -0.379 e. The number of aldehydes is 1. The van der Waals surface area contributed by atoms with Gasteiger partial charge >= 0.3 is 0 Å². The van der Waals surface area contributed by atoms with Gasteiger partial charge in [0.05, 0.1) is 18.2 Å². The Bertz CT molecular complexity index is 334. The fraction of sp³-hybridized carbons (Fsp3) is 0.636. The summed E-state index contributed by atoms with van der Waals surface area (Å²) >= 11 is 1.65. The highest BCUT2D eigenvalue weighted by molar-refractivity contribution is 7.11. The molecule has 2 rings (SSSR count). The summed E-state index contributed by atoms with van der Waals surface area (Å²) in [6.45, 7) is 4.76. The fourth-order valence-corrected chi connectivity index (χ4v) is 2.58. The topological polar surface area (TPSA) is 42.4 Å². The van der Waals surface area contributed by atoms with Gasteiger partial charge in [-0.05, 0) is 0 Å². The highest BCUT2D eigenvalue weighted by Crippen LogP contribution is 2.14. The molecule has 1 saturated heterocycles. The number of nitrogens with zero attached hydrogens (tertiary/aromatic N) is 2. The molecule has 1 aromatic heterocycles. The van der Waals surface area contributed by atoms with E-state index in [0.717, 1.165) is 55.4 Å². The third-order valence-corrected chi connectivity index (χ3v) is 3.71. The predicted octanol–water partition coefficient (Wildman–Crippen LogP) is 0.759. The Morgan fingerprint density at radius 2 is 2.31 bits per heavy atom. The van der Waals surface area contributed by atoms with Crippen LogP contribution in [0, 0.1) is 0 Å². The number of carbonyl (C=O) groups is 1. The van der Waals surface area contributed by atoms with E-state index in [1.54, 1.807) is 11.3 Å². The quantitative estimate of drug-likeness (QED) is 0.713. The van der Waals surface area contributed by atoms with Gasteiger partial charge < -0.3 is 9.53 Å². The van der Waals surface area contributed by atoms with Crippen LogP contribution in [0.5, 0.6) is 0 Å². The molecule has 1 aliphatic rings. The van der Waals surface area contributed by atoms with Gasteiger partial charge in [-0.1, -0.05) is 0 Å². The predicted molar refractivity (Wildman–Crippen MR) is 62.8 cm³/mol. The molecule has 1 aliphatic heterocycles. The molecule has 0 saturated carbocycles. The Labute approximate surface area is 99.2 Å². The molecule has 0 amide bonds. The number of hydrogen-bond acceptors (Lipinski definition) is 5. The molecule has 16 heavy (non-hydrogen) atoms. The molecule has 0 N–H and O–H groups in total. The molecule has 5 heteroatoms. The summed E-state index contributed by atoms with van der Waals surface area (Å²) in [6, 6.07) is 0. The zero-order valence-electron chi connectivity index (χ0n) is 9.22. The molecule has 1 fully saturated rings. The molecule has 4 nitrogen and oxygen atoms in total. The van der Waals surface area contributed by atoms with Crippen molar-refractivity contribution in [3.05, 3.63) is 16.1 Å². The van der Waals surface area contributed by atoms with E-state index >= 15 is 0 Å². The first kappa shape index (κ1) is 11.7. The smallest absolute Gasteiger partial charge is 0.125 e. The van der Waals surface area contributed by atoms with Crippen molar-refractivity contribution >= 4 is 17.6 Å². The third kappa shape index (κ3) is 3.37. The zero-order valence-corrected chi connectivity index (χ0v) is 10.0. The Kier molecular flexibility index (Phi) is 4.44.